The Bertz CT molecular complexity index is 1190. The van der Waals surface area contributed by atoms with Gasteiger partial charge >= 0.3 is 0 Å². The van der Waals surface area contributed by atoms with Gasteiger partial charge in [0.25, 0.3) is 0 Å². The van der Waals surface area contributed by atoms with Crippen LogP contribution < -0.4 is 9.64 Å². The lowest BCUT2D eigenvalue weighted by molar-refractivity contribution is -0.137. The first-order chi connectivity index (χ1) is 17.7. The van der Waals surface area contributed by atoms with Crippen molar-refractivity contribution >= 4 is 33.2 Å². The number of piperazine rings is 1. The van der Waals surface area contributed by atoms with E-state index in [1.54, 1.807) is 42.3 Å². The van der Waals surface area contributed by atoms with E-state index in [4.69, 9.17) is 21.1 Å². The highest BCUT2D eigenvalue weighted by atomic mass is 35.5. The van der Waals surface area contributed by atoms with Crippen molar-refractivity contribution in [3.63, 3.8) is 0 Å². The number of methoxy groups -OCH3 is 1. The van der Waals surface area contributed by atoms with Crippen molar-refractivity contribution in [2.24, 2.45) is 0 Å². The van der Waals surface area contributed by atoms with Crippen molar-refractivity contribution in [2.75, 3.05) is 57.9 Å². The van der Waals surface area contributed by atoms with Crippen LogP contribution in [0.5, 0.6) is 5.75 Å². The van der Waals surface area contributed by atoms with Gasteiger partial charge in [-0.3, -0.25) is 4.79 Å². The summed E-state index contributed by atoms with van der Waals surface area (Å²) in [5.41, 5.74) is 2.38. The van der Waals surface area contributed by atoms with Gasteiger partial charge in [0.05, 0.1) is 18.6 Å². The summed E-state index contributed by atoms with van der Waals surface area (Å²) in [6.45, 7) is 6.84. The topological polar surface area (TPSA) is 79.4 Å². The molecule has 8 nitrogen and oxygen atoms in total. The monoisotopic (exact) mass is 549 g/mol. The third kappa shape index (κ3) is 6.39. The summed E-state index contributed by atoms with van der Waals surface area (Å²) in [4.78, 5) is 17.2. The van der Waals surface area contributed by atoms with Gasteiger partial charge in [0, 0.05) is 49.5 Å². The van der Waals surface area contributed by atoms with Gasteiger partial charge in [0.2, 0.25) is 15.9 Å². The van der Waals surface area contributed by atoms with Crippen LogP contribution in [0.2, 0.25) is 5.02 Å². The zero-order valence-corrected chi connectivity index (χ0v) is 23.4. The van der Waals surface area contributed by atoms with E-state index in [1.165, 1.54) is 0 Å². The number of anilines is 1. The maximum absolute atomic E-state index is 13.7. The Hall–Kier alpha value is -2.33. The van der Waals surface area contributed by atoms with E-state index < -0.39 is 10.0 Å². The minimum Gasteiger partial charge on any atom is -0.497 e. The van der Waals surface area contributed by atoms with Crippen LogP contribution in [0.25, 0.3) is 0 Å². The van der Waals surface area contributed by atoms with Crippen molar-refractivity contribution in [3.05, 3.63) is 52.5 Å². The Labute approximate surface area is 225 Å². The van der Waals surface area contributed by atoms with E-state index in [1.807, 2.05) is 24.3 Å². The number of rotatable bonds is 8. The predicted molar refractivity (Wildman–Crippen MR) is 145 cm³/mol. The van der Waals surface area contributed by atoms with E-state index >= 15 is 0 Å². The molecule has 0 aromatic heterocycles. The lowest BCUT2D eigenvalue weighted by atomic mass is 10.1. The first-order valence-corrected chi connectivity index (χ1v) is 14.6. The Morgan fingerprint density at radius 1 is 1.03 bits per heavy atom. The van der Waals surface area contributed by atoms with Crippen LogP contribution >= 0.6 is 11.6 Å². The number of piperidine rings is 1. The zero-order valence-electron chi connectivity index (χ0n) is 21.8. The van der Waals surface area contributed by atoms with E-state index in [9.17, 15) is 13.2 Å². The molecule has 0 radical (unpaired) electrons. The quantitative estimate of drug-likeness (QED) is 0.497. The standard InChI is InChI=1S/C27H36ClN3O5S/c1-20-15-25(35-3)16-21(2)27(20)37(33,34)31-10-5-4-8-24(31)18-36-19-26(32)30-13-11-29(12-14-30)23-9-6-7-22(28)17-23/h6-7,9,15-17,24H,4-5,8,10-14,18-19H2,1-3H3. The molecule has 0 N–H and O–H groups in total. The molecule has 2 aliphatic rings. The van der Waals surface area contributed by atoms with Crippen LogP contribution in [-0.4, -0.2) is 82.6 Å². The number of hydrogen-bond acceptors (Lipinski definition) is 6. The largest absolute Gasteiger partial charge is 0.497 e. The molecule has 2 fully saturated rings. The van der Waals surface area contributed by atoms with Gasteiger partial charge in [-0.25, -0.2) is 8.42 Å². The van der Waals surface area contributed by atoms with Crippen LogP contribution in [0.3, 0.4) is 0 Å². The normalized spacial score (nSPS) is 19.2. The number of aryl methyl sites for hydroxylation is 2. The molecule has 1 amide bonds. The lowest BCUT2D eigenvalue weighted by Gasteiger charge is -2.37. The molecule has 10 heteroatoms. The van der Waals surface area contributed by atoms with Crippen LogP contribution in [0.15, 0.2) is 41.3 Å². The summed E-state index contributed by atoms with van der Waals surface area (Å²) in [5, 5.41) is 0.695. The first-order valence-electron chi connectivity index (χ1n) is 12.7. The molecule has 4 rings (SSSR count). The van der Waals surface area contributed by atoms with Crippen LogP contribution in [0, 0.1) is 13.8 Å². The second-order valence-electron chi connectivity index (χ2n) is 9.72. The summed E-state index contributed by atoms with van der Waals surface area (Å²) in [6.07, 6.45) is 2.44. The highest BCUT2D eigenvalue weighted by molar-refractivity contribution is 7.89. The smallest absolute Gasteiger partial charge is 0.248 e. The summed E-state index contributed by atoms with van der Waals surface area (Å²) in [7, 11) is -2.15. The molecule has 2 aromatic rings. The van der Waals surface area contributed by atoms with Crippen LogP contribution in [-0.2, 0) is 19.6 Å². The van der Waals surface area contributed by atoms with Crippen LogP contribution in [0.4, 0.5) is 5.69 Å². The van der Waals surface area contributed by atoms with E-state index in [0.717, 1.165) is 31.6 Å². The first kappa shape index (κ1) is 27.7. The van der Waals surface area contributed by atoms with Crippen molar-refractivity contribution < 1.29 is 22.7 Å². The van der Waals surface area contributed by atoms with Gasteiger partial charge in [0.15, 0.2) is 0 Å². The third-order valence-corrected chi connectivity index (χ3v) is 9.64. The highest BCUT2D eigenvalue weighted by Crippen LogP contribution is 2.32. The molecular weight excluding hydrogens is 514 g/mol. The Balaban J connectivity index is 1.33. The number of carbonyl (C=O) groups is 1. The van der Waals surface area contributed by atoms with E-state index in [2.05, 4.69) is 4.90 Å². The van der Waals surface area contributed by atoms with Gasteiger partial charge in [-0.1, -0.05) is 24.1 Å². The number of hydrogen-bond donors (Lipinski definition) is 0. The minimum atomic E-state index is -3.72. The molecule has 1 unspecified atom stereocenters. The average Bonchev–Trinajstić information content (AvgIpc) is 2.88. The molecule has 0 aliphatic carbocycles. The molecule has 0 bridgehead atoms. The summed E-state index contributed by atoms with van der Waals surface area (Å²) >= 11 is 6.11. The third-order valence-electron chi connectivity index (χ3n) is 7.15. The molecule has 37 heavy (non-hydrogen) atoms. The number of ether oxygens (including phenoxy) is 2. The van der Waals surface area contributed by atoms with Gasteiger partial charge in [0.1, 0.15) is 12.4 Å². The fourth-order valence-electron chi connectivity index (χ4n) is 5.27. The number of halogens is 1. The molecular formula is C27H36ClN3O5S. The lowest BCUT2D eigenvalue weighted by Crippen LogP contribution is -2.50. The molecule has 2 aliphatic heterocycles. The predicted octanol–water partition coefficient (Wildman–Crippen LogP) is 3.87. The summed E-state index contributed by atoms with van der Waals surface area (Å²) in [6, 6.07) is 10.9. The van der Waals surface area contributed by atoms with Gasteiger partial charge < -0.3 is 19.3 Å². The van der Waals surface area contributed by atoms with Gasteiger partial charge in [-0.15, -0.1) is 0 Å². The highest BCUT2D eigenvalue weighted by Gasteiger charge is 2.36. The summed E-state index contributed by atoms with van der Waals surface area (Å²) in [5.74, 6) is 0.567. The average molecular weight is 550 g/mol. The number of amides is 1. The van der Waals surface area contributed by atoms with Crippen LogP contribution in [0.1, 0.15) is 30.4 Å². The summed E-state index contributed by atoms with van der Waals surface area (Å²) < 4.78 is 40.1. The van der Waals surface area contributed by atoms with Crippen molar-refractivity contribution in [1.29, 1.82) is 0 Å². The molecule has 2 aromatic carbocycles. The van der Waals surface area contributed by atoms with Crippen molar-refractivity contribution in [2.45, 2.75) is 44.0 Å². The van der Waals surface area contributed by atoms with E-state index in [0.29, 0.717) is 52.8 Å². The molecule has 0 saturated carbocycles. The molecule has 1 atom stereocenters. The second kappa shape index (κ2) is 12.0. The molecule has 0 spiro atoms. The Morgan fingerprint density at radius 2 is 1.73 bits per heavy atom. The number of benzene rings is 2. The van der Waals surface area contributed by atoms with Gasteiger partial charge in [-0.05, 0) is 68.1 Å². The fraction of sp³-hybridized carbons (Fsp3) is 0.519. The zero-order chi connectivity index (χ0) is 26.6. The van der Waals surface area contributed by atoms with E-state index in [-0.39, 0.29) is 25.2 Å². The Morgan fingerprint density at radius 3 is 2.38 bits per heavy atom. The fourth-order valence-corrected chi connectivity index (χ4v) is 7.55. The molecule has 202 valence electrons. The number of carbonyl (C=O) groups excluding carboxylic acids is 1. The maximum atomic E-state index is 13.7. The molecule has 2 heterocycles. The molecule has 2 saturated heterocycles. The minimum absolute atomic E-state index is 0.0534. The van der Waals surface area contributed by atoms with Gasteiger partial charge in [-0.2, -0.15) is 4.31 Å². The SMILES string of the molecule is COc1cc(C)c(S(=O)(=O)N2CCCCC2COCC(=O)N2CCN(c3cccc(Cl)c3)CC2)c(C)c1. The number of nitrogens with zero attached hydrogens (tertiary/aromatic N) is 3. The van der Waals surface area contributed by atoms with Crippen molar-refractivity contribution in [3.8, 4) is 5.75 Å². The maximum Gasteiger partial charge on any atom is 0.248 e. The second-order valence-corrected chi connectivity index (χ2v) is 12.0. The van der Waals surface area contributed by atoms with Crippen molar-refractivity contribution in [1.82, 2.24) is 9.21 Å². The Kier molecular flexibility index (Phi) is 9.00. The number of sulfonamides is 1.